The smallest absolute Gasteiger partial charge is 0.317 e. The fourth-order valence-corrected chi connectivity index (χ4v) is 1.50. The predicted octanol–water partition coefficient (Wildman–Crippen LogP) is 0.516. The molecule has 14 heavy (non-hydrogen) atoms. The Balaban J connectivity index is 2.58. The molecule has 0 atom stereocenters. The highest BCUT2D eigenvalue weighted by Crippen LogP contribution is 2.30. The number of esters is 1. The second-order valence-electron chi connectivity index (χ2n) is 4.27. The fraction of sp³-hybridized carbons (Fsp3) is 0.900. The van der Waals surface area contributed by atoms with Crippen LogP contribution < -0.4 is 0 Å². The number of rotatable bonds is 4. The van der Waals surface area contributed by atoms with E-state index >= 15 is 0 Å². The van der Waals surface area contributed by atoms with E-state index in [1.165, 1.54) is 7.11 Å². The summed E-state index contributed by atoms with van der Waals surface area (Å²) in [6.45, 7) is 5.87. The van der Waals surface area contributed by atoms with Gasteiger partial charge in [-0.05, 0) is 20.9 Å². The Hall–Kier alpha value is -0.610. The molecule has 1 fully saturated rings. The topological polar surface area (TPSA) is 38.8 Å². The van der Waals surface area contributed by atoms with Crippen molar-refractivity contribution in [2.24, 2.45) is 5.41 Å². The van der Waals surface area contributed by atoms with E-state index in [0.29, 0.717) is 25.8 Å². The molecule has 0 N–H and O–H groups in total. The molecule has 1 aliphatic rings. The highest BCUT2D eigenvalue weighted by Gasteiger charge is 2.48. The molecule has 0 aliphatic carbocycles. The SMILES string of the molecule is COC(=O)C1(CN(C)C(C)C)COC1. The Morgan fingerprint density at radius 3 is 2.43 bits per heavy atom. The third kappa shape index (κ3) is 2.07. The van der Waals surface area contributed by atoms with Crippen molar-refractivity contribution >= 4 is 5.97 Å². The van der Waals surface area contributed by atoms with Gasteiger partial charge < -0.3 is 14.4 Å². The van der Waals surface area contributed by atoms with Crippen molar-refractivity contribution in [3.63, 3.8) is 0 Å². The summed E-state index contributed by atoms with van der Waals surface area (Å²) >= 11 is 0. The summed E-state index contributed by atoms with van der Waals surface area (Å²) in [6.07, 6.45) is 0. The maximum atomic E-state index is 11.5. The first-order valence-electron chi connectivity index (χ1n) is 4.88. The minimum Gasteiger partial charge on any atom is -0.468 e. The molecule has 0 bridgehead atoms. The van der Waals surface area contributed by atoms with Crippen LogP contribution in [0.4, 0.5) is 0 Å². The number of methoxy groups -OCH3 is 1. The maximum absolute atomic E-state index is 11.5. The zero-order chi connectivity index (χ0) is 10.8. The summed E-state index contributed by atoms with van der Waals surface area (Å²) in [5.41, 5.74) is -0.423. The number of carbonyl (C=O) groups excluding carboxylic acids is 1. The lowest BCUT2D eigenvalue weighted by atomic mass is 9.85. The summed E-state index contributed by atoms with van der Waals surface area (Å²) in [6, 6.07) is 0.428. The number of hydrogen-bond donors (Lipinski definition) is 0. The van der Waals surface area contributed by atoms with Crippen LogP contribution >= 0.6 is 0 Å². The van der Waals surface area contributed by atoms with Crippen LogP contribution in [-0.4, -0.2) is 50.8 Å². The van der Waals surface area contributed by atoms with Crippen LogP contribution in [0, 0.1) is 5.41 Å². The van der Waals surface area contributed by atoms with E-state index in [4.69, 9.17) is 9.47 Å². The summed E-state index contributed by atoms with van der Waals surface area (Å²) < 4.78 is 9.91. The fourth-order valence-electron chi connectivity index (χ4n) is 1.50. The van der Waals surface area contributed by atoms with E-state index in [-0.39, 0.29) is 5.97 Å². The second kappa shape index (κ2) is 4.28. The molecule has 82 valence electrons. The summed E-state index contributed by atoms with van der Waals surface area (Å²) in [4.78, 5) is 13.7. The highest BCUT2D eigenvalue weighted by atomic mass is 16.5. The van der Waals surface area contributed by atoms with Crippen molar-refractivity contribution in [1.82, 2.24) is 4.90 Å². The first-order valence-corrected chi connectivity index (χ1v) is 4.88. The molecule has 1 aliphatic heterocycles. The van der Waals surface area contributed by atoms with Gasteiger partial charge in [-0.15, -0.1) is 0 Å². The molecule has 0 aromatic heterocycles. The largest absolute Gasteiger partial charge is 0.468 e. The minimum absolute atomic E-state index is 0.156. The van der Waals surface area contributed by atoms with Crippen molar-refractivity contribution in [3.05, 3.63) is 0 Å². The second-order valence-corrected chi connectivity index (χ2v) is 4.27. The third-order valence-corrected chi connectivity index (χ3v) is 2.81. The van der Waals surface area contributed by atoms with Gasteiger partial charge in [-0.25, -0.2) is 0 Å². The Morgan fingerprint density at radius 1 is 1.57 bits per heavy atom. The van der Waals surface area contributed by atoms with E-state index in [2.05, 4.69) is 18.7 Å². The Kier molecular flexibility index (Phi) is 3.50. The summed E-state index contributed by atoms with van der Waals surface area (Å²) in [7, 11) is 3.44. The lowest BCUT2D eigenvalue weighted by molar-refractivity contribution is -0.186. The molecule has 0 unspecified atom stereocenters. The van der Waals surface area contributed by atoms with Gasteiger partial charge in [0.1, 0.15) is 5.41 Å². The number of nitrogens with zero attached hydrogens (tertiary/aromatic N) is 1. The summed E-state index contributed by atoms with van der Waals surface area (Å²) in [5.74, 6) is -0.156. The zero-order valence-corrected chi connectivity index (χ0v) is 9.37. The van der Waals surface area contributed by atoms with E-state index in [0.717, 1.165) is 0 Å². The average molecular weight is 201 g/mol. The lowest BCUT2D eigenvalue weighted by Crippen LogP contribution is -2.56. The molecule has 1 saturated heterocycles. The van der Waals surface area contributed by atoms with Gasteiger partial charge in [-0.2, -0.15) is 0 Å². The Labute approximate surface area is 85.2 Å². The molecule has 0 aromatic rings. The van der Waals surface area contributed by atoms with Crippen molar-refractivity contribution < 1.29 is 14.3 Å². The standard InChI is InChI=1S/C10H19NO3/c1-8(2)11(3)5-10(6-14-7-10)9(12)13-4/h8H,5-7H2,1-4H3. The maximum Gasteiger partial charge on any atom is 0.317 e. The monoisotopic (exact) mass is 201 g/mol. The first kappa shape index (κ1) is 11.5. The molecule has 1 heterocycles. The van der Waals surface area contributed by atoms with Crippen LogP contribution in [0.1, 0.15) is 13.8 Å². The normalized spacial score (nSPS) is 19.6. The molecular weight excluding hydrogens is 182 g/mol. The van der Waals surface area contributed by atoms with Gasteiger partial charge in [0.05, 0.1) is 20.3 Å². The molecule has 1 rings (SSSR count). The van der Waals surface area contributed by atoms with Crippen LogP contribution in [0.3, 0.4) is 0 Å². The van der Waals surface area contributed by atoms with Gasteiger partial charge in [-0.1, -0.05) is 0 Å². The van der Waals surface area contributed by atoms with Crippen LogP contribution in [0.2, 0.25) is 0 Å². The van der Waals surface area contributed by atoms with Gasteiger partial charge in [-0.3, -0.25) is 4.79 Å². The molecule has 4 nitrogen and oxygen atoms in total. The van der Waals surface area contributed by atoms with E-state index in [1.54, 1.807) is 0 Å². The number of carbonyl (C=O) groups is 1. The quantitative estimate of drug-likeness (QED) is 0.621. The van der Waals surface area contributed by atoms with Crippen molar-refractivity contribution in [2.45, 2.75) is 19.9 Å². The molecule has 0 spiro atoms. The summed E-state index contributed by atoms with van der Waals surface area (Å²) in [5, 5.41) is 0. The van der Waals surface area contributed by atoms with Gasteiger partial charge in [0, 0.05) is 12.6 Å². The van der Waals surface area contributed by atoms with Crippen molar-refractivity contribution in [3.8, 4) is 0 Å². The Morgan fingerprint density at radius 2 is 2.14 bits per heavy atom. The number of hydrogen-bond acceptors (Lipinski definition) is 4. The van der Waals surface area contributed by atoms with Gasteiger partial charge in [0.15, 0.2) is 0 Å². The molecule has 4 heteroatoms. The average Bonchev–Trinajstić information content (AvgIpc) is 2.09. The lowest BCUT2D eigenvalue weighted by Gasteiger charge is -2.41. The molecule has 0 saturated carbocycles. The number of ether oxygens (including phenoxy) is 2. The zero-order valence-electron chi connectivity index (χ0n) is 9.37. The highest BCUT2D eigenvalue weighted by molar-refractivity contribution is 5.78. The molecule has 0 radical (unpaired) electrons. The molecular formula is C10H19NO3. The van der Waals surface area contributed by atoms with Gasteiger partial charge in [0.2, 0.25) is 0 Å². The van der Waals surface area contributed by atoms with Gasteiger partial charge >= 0.3 is 5.97 Å². The van der Waals surface area contributed by atoms with Crippen LogP contribution in [0.15, 0.2) is 0 Å². The van der Waals surface area contributed by atoms with Crippen LogP contribution in [-0.2, 0) is 14.3 Å². The minimum atomic E-state index is -0.423. The van der Waals surface area contributed by atoms with Crippen molar-refractivity contribution in [2.75, 3.05) is 33.9 Å². The third-order valence-electron chi connectivity index (χ3n) is 2.81. The van der Waals surface area contributed by atoms with Crippen LogP contribution in [0.5, 0.6) is 0 Å². The first-order chi connectivity index (χ1) is 6.52. The predicted molar refractivity (Wildman–Crippen MR) is 53.0 cm³/mol. The van der Waals surface area contributed by atoms with E-state index < -0.39 is 5.41 Å². The van der Waals surface area contributed by atoms with E-state index in [9.17, 15) is 4.79 Å². The Bertz CT molecular complexity index is 211. The van der Waals surface area contributed by atoms with Crippen molar-refractivity contribution in [1.29, 1.82) is 0 Å². The van der Waals surface area contributed by atoms with E-state index in [1.807, 2.05) is 7.05 Å². The molecule has 0 amide bonds. The van der Waals surface area contributed by atoms with Crippen LogP contribution in [0.25, 0.3) is 0 Å². The molecule has 0 aromatic carbocycles. The van der Waals surface area contributed by atoms with Gasteiger partial charge in [0.25, 0.3) is 0 Å².